The maximum absolute atomic E-state index is 15.6. The number of hydrogen-bond acceptors (Lipinski definition) is 5. The van der Waals surface area contributed by atoms with Crippen LogP contribution in [0.1, 0.15) is 27.2 Å². The summed E-state index contributed by atoms with van der Waals surface area (Å²) in [6.07, 6.45) is -2.90. The first-order valence-electron chi connectivity index (χ1n) is 11.9. The molecule has 3 heterocycles. The van der Waals surface area contributed by atoms with Crippen LogP contribution in [0.3, 0.4) is 0 Å². The Morgan fingerprint density at radius 1 is 1.24 bits per heavy atom. The van der Waals surface area contributed by atoms with Crippen molar-refractivity contribution in [3.05, 3.63) is 77.1 Å². The van der Waals surface area contributed by atoms with E-state index in [0.717, 1.165) is 34.5 Å². The van der Waals surface area contributed by atoms with Gasteiger partial charge in [-0.3, -0.25) is 9.78 Å². The Hall–Kier alpha value is -3.50. The van der Waals surface area contributed by atoms with Gasteiger partial charge in [0, 0.05) is 42.0 Å². The topological polar surface area (TPSA) is 80.5 Å². The molecule has 0 aliphatic carbocycles. The molecule has 1 fully saturated rings. The van der Waals surface area contributed by atoms with Gasteiger partial charge in [0.15, 0.2) is 0 Å². The average Bonchev–Trinajstić information content (AvgIpc) is 2.89. The number of ether oxygens (including phenoxy) is 1. The van der Waals surface area contributed by atoms with Crippen LogP contribution in [0.15, 0.2) is 54.7 Å². The third kappa shape index (κ3) is 4.78. The number of amides is 1. The van der Waals surface area contributed by atoms with E-state index in [0.29, 0.717) is 24.5 Å². The first-order valence-corrected chi connectivity index (χ1v) is 11.9. The van der Waals surface area contributed by atoms with Crippen LogP contribution in [-0.4, -0.2) is 48.9 Å². The second kappa shape index (κ2) is 9.42. The molecule has 2 aliphatic rings. The molecule has 1 aromatic heterocycles. The van der Waals surface area contributed by atoms with Crippen molar-refractivity contribution in [3.8, 4) is 11.1 Å². The first kappa shape index (κ1) is 25.2. The smallest absolute Gasteiger partial charge is 0.377 e. The van der Waals surface area contributed by atoms with Crippen LogP contribution in [0, 0.1) is 6.92 Å². The van der Waals surface area contributed by atoms with Gasteiger partial charge in [-0.25, -0.2) is 4.39 Å². The zero-order chi connectivity index (χ0) is 26.4. The Morgan fingerprint density at radius 2 is 2.05 bits per heavy atom. The van der Waals surface area contributed by atoms with Crippen molar-refractivity contribution in [1.29, 1.82) is 0 Å². The van der Waals surface area contributed by atoms with E-state index in [2.05, 4.69) is 10.3 Å². The number of morpholine rings is 1. The molecule has 1 saturated heterocycles. The molecule has 3 aromatic rings. The van der Waals surface area contributed by atoms with Crippen molar-refractivity contribution in [1.82, 2.24) is 4.98 Å². The monoisotopic (exact) mass is 514 g/mol. The van der Waals surface area contributed by atoms with Gasteiger partial charge >= 0.3 is 6.18 Å². The lowest BCUT2D eigenvalue weighted by atomic mass is 9.81. The summed E-state index contributed by atoms with van der Waals surface area (Å²) < 4.78 is 60.4. The van der Waals surface area contributed by atoms with E-state index in [1.165, 1.54) is 18.3 Å². The Kier molecular flexibility index (Phi) is 6.41. The van der Waals surface area contributed by atoms with E-state index in [4.69, 9.17) is 10.5 Å². The molecule has 2 atom stereocenters. The number of nitrogens with two attached hydrogens (primary N) is 1. The maximum atomic E-state index is 15.6. The van der Waals surface area contributed by atoms with Crippen molar-refractivity contribution < 1.29 is 27.1 Å². The van der Waals surface area contributed by atoms with E-state index in [-0.39, 0.29) is 25.1 Å². The lowest BCUT2D eigenvalue weighted by molar-refractivity contribution is -0.137. The van der Waals surface area contributed by atoms with E-state index in [1.807, 2.05) is 30.0 Å². The minimum absolute atomic E-state index is 0.102. The molecule has 0 radical (unpaired) electrons. The third-order valence-electron chi connectivity index (χ3n) is 7.05. The van der Waals surface area contributed by atoms with Crippen molar-refractivity contribution in [3.63, 3.8) is 0 Å². The fourth-order valence-corrected chi connectivity index (χ4v) is 5.05. The van der Waals surface area contributed by atoms with Crippen molar-refractivity contribution in [2.45, 2.75) is 31.2 Å². The van der Waals surface area contributed by atoms with E-state index in [1.54, 1.807) is 6.07 Å². The van der Waals surface area contributed by atoms with Crippen LogP contribution in [0.2, 0.25) is 0 Å². The Morgan fingerprint density at radius 3 is 2.81 bits per heavy atom. The van der Waals surface area contributed by atoms with Crippen LogP contribution in [0.25, 0.3) is 11.1 Å². The largest absolute Gasteiger partial charge is 0.416 e. The molecule has 1 amide bonds. The zero-order valence-electron chi connectivity index (χ0n) is 20.1. The summed E-state index contributed by atoms with van der Waals surface area (Å²) in [5.74, 6) is -0.676. The summed E-state index contributed by atoms with van der Waals surface area (Å²) in [4.78, 5) is 19.1. The summed E-state index contributed by atoms with van der Waals surface area (Å²) in [5, 5.41) is 2.64. The quantitative estimate of drug-likeness (QED) is 0.491. The molecule has 3 N–H and O–H groups in total. The average molecular weight is 515 g/mol. The molecule has 6 nitrogen and oxygen atoms in total. The SMILES string of the molecule is Cc1ncc(NC(=O)c2cccc(C(F)(F)F)c2)cc1-c1ccc2c(c1)N1CCOC[C@H]1[C@](F)(CN)C2. The second-order valence-electron chi connectivity index (χ2n) is 9.43. The number of fused-ring (bicyclic) bond motifs is 3. The molecular formula is C27H26F4N4O2. The van der Waals surface area contributed by atoms with Crippen LogP contribution in [-0.2, 0) is 17.3 Å². The number of nitrogens with zero attached hydrogens (tertiary/aromatic N) is 2. The Bertz CT molecular complexity index is 1350. The molecule has 5 rings (SSSR count). The molecule has 2 aliphatic heterocycles. The number of benzene rings is 2. The van der Waals surface area contributed by atoms with Gasteiger partial charge in [0.05, 0.1) is 36.7 Å². The first-order chi connectivity index (χ1) is 17.6. The highest BCUT2D eigenvalue weighted by Gasteiger charge is 2.47. The normalized spacial score (nSPS) is 21.2. The number of hydrogen-bond donors (Lipinski definition) is 2. The van der Waals surface area contributed by atoms with Gasteiger partial charge < -0.3 is 20.7 Å². The predicted octanol–water partition coefficient (Wildman–Crippen LogP) is 4.76. The molecule has 0 bridgehead atoms. The number of carbonyl (C=O) groups is 1. The number of aryl methyl sites for hydroxylation is 1. The highest BCUT2D eigenvalue weighted by molar-refractivity contribution is 6.04. The molecule has 10 heteroatoms. The standard InChI is InChI=1S/C27H26F4N4O2/c1-16-22(11-21(13-33-16)34-25(36)18-3-2-4-20(9-18)27(29,30)31)17-5-6-19-12-26(28,15-32)24-14-37-8-7-35(24)23(19)10-17/h2-6,9-11,13,24H,7-8,12,14-15,32H2,1H3,(H,34,36)/t24-,26+/m0/s1. The van der Waals surface area contributed by atoms with Crippen LogP contribution in [0.5, 0.6) is 0 Å². The fourth-order valence-electron chi connectivity index (χ4n) is 5.05. The number of nitrogens with one attached hydrogen (secondary N) is 1. The number of anilines is 2. The van der Waals surface area contributed by atoms with Crippen LogP contribution < -0.4 is 16.0 Å². The van der Waals surface area contributed by atoms with E-state index >= 15 is 4.39 Å². The van der Waals surface area contributed by atoms with Gasteiger partial charge in [-0.1, -0.05) is 18.2 Å². The van der Waals surface area contributed by atoms with Gasteiger partial charge in [0.25, 0.3) is 5.91 Å². The lowest BCUT2D eigenvalue weighted by Gasteiger charge is -2.49. The highest BCUT2D eigenvalue weighted by atomic mass is 19.4. The highest BCUT2D eigenvalue weighted by Crippen LogP contribution is 2.41. The lowest BCUT2D eigenvalue weighted by Crippen LogP contribution is -2.63. The predicted molar refractivity (Wildman–Crippen MR) is 132 cm³/mol. The zero-order valence-corrected chi connectivity index (χ0v) is 20.1. The van der Waals surface area contributed by atoms with Crippen molar-refractivity contribution >= 4 is 17.3 Å². The second-order valence-corrected chi connectivity index (χ2v) is 9.43. The maximum Gasteiger partial charge on any atom is 0.416 e. The number of aromatic nitrogens is 1. The number of carbonyl (C=O) groups excluding carboxylic acids is 1. The van der Waals surface area contributed by atoms with Crippen LogP contribution in [0.4, 0.5) is 28.9 Å². The summed E-state index contributed by atoms with van der Waals surface area (Å²) >= 11 is 0. The van der Waals surface area contributed by atoms with Gasteiger partial charge in [-0.15, -0.1) is 0 Å². The molecule has 2 aromatic carbocycles. The number of rotatable bonds is 4. The van der Waals surface area contributed by atoms with E-state index in [9.17, 15) is 18.0 Å². The van der Waals surface area contributed by atoms with Gasteiger partial charge in [-0.05, 0) is 48.4 Å². The Labute approximate surface area is 211 Å². The number of halogens is 4. The van der Waals surface area contributed by atoms with Crippen LogP contribution >= 0.6 is 0 Å². The van der Waals surface area contributed by atoms with Gasteiger partial charge in [0.2, 0.25) is 0 Å². The molecule has 37 heavy (non-hydrogen) atoms. The molecular weight excluding hydrogens is 488 g/mol. The summed E-state index contributed by atoms with van der Waals surface area (Å²) in [7, 11) is 0. The molecule has 0 spiro atoms. The minimum atomic E-state index is -4.55. The third-order valence-corrected chi connectivity index (χ3v) is 7.05. The minimum Gasteiger partial charge on any atom is -0.377 e. The number of alkyl halides is 4. The van der Waals surface area contributed by atoms with Crippen molar-refractivity contribution in [2.24, 2.45) is 5.73 Å². The Balaban J connectivity index is 1.45. The number of pyridine rings is 1. The van der Waals surface area contributed by atoms with Gasteiger partial charge in [-0.2, -0.15) is 13.2 Å². The summed E-state index contributed by atoms with van der Waals surface area (Å²) in [6.45, 7) is 3.01. The van der Waals surface area contributed by atoms with E-state index < -0.39 is 29.4 Å². The fraction of sp³-hybridized carbons (Fsp3) is 0.333. The van der Waals surface area contributed by atoms with Crippen molar-refractivity contribution in [2.75, 3.05) is 36.5 Å². The molecule has 0 saturated carbocycles. The molecule has 0 unspecified atom stereocenters. The summed E-state index contributed by atoms with van der Waals surface area (Å²) in [5.41, 5.74) is 7.59. The molecule has 194 valence electrons. The summed E-state index contributed by atoms with van der Waals surface area (Å²) in [6, 6.07) is 11.2. The van der Waals surface area contributed by atoms with Gasteiger partial charge in [0.1, 0.15) is 5.67 Å².